The second kappa shape index (κ2) is 6.70. The van der Waals surface area contributed by atoms with Gasteiger partial charge in [-0.2, -0.15) is 0 Å². The number of esters is 1. The number of rotatable bonds is 4. The van der Waals surface area contributed by atoms with Crippen molar-refractivity contribution in [1.82, 2.24) is 10.3 Å². The van der Waals surface area contributed by atoms with E-state index < -0.39 is 23.4 Å². The number of hydrogen-bond donors (Lipinski definition) is 3. The van der Waals surface area contributed by atoms with Crippen molar-refractivity contribution in [3.8, 4) is 0 Å². The first kappa shape index (κ1) is 15.5. The Morgan fingerprint density at radius 2 is 2.09 bits per heavy atom. The third-order valence-electron chi connectivity index (χ3n) is 2.74. The van der Waals surface area contributed by atoms with E-state index in [9.17, 15) is 18.8 Å². The number of amides is 2. The van der Waals surface area contributed by atoms with Crippen LogP contribution in [0.3, 0.4) is 0 Å². The highest BCUT2D eigenvalue weighted by molar-refractivity contribution is 5.94. The number of pyridine rings is 1. The Kier molecular flexibility index (Phi) is 4.72. The molecule has 1 heterocycles. The number of carbonyl (C=O) groups is 2. The van der Waals surface area contributed by atoms with Gasteiger partial charge >= 0.3 is 12.0 Å². The zero-order chi connectivity index (χ0) is 16.1. The minimum absolute atomic E-state index is 0.0602. The van der Waals surface area contributed by atoms with Gasteiger partial charge in [-0.3, -0.25) is 9.59 Å². The van der Waals surface area contributed by atoms with Crippen LogP contribution < -0.4 is 16.2 Å². The van der Waals surface area contributed by atoms with Gasteiger partial charge in [-0.25, -0.2) is 9.18 Å². The maximum Gasteiger partial charge on any atom is 0.325 e. The number of H-pyrrole nitrogens is 1. The summed E-state index contributed by atoms with van der Waals surface area (Å²) in [5.41, 5.74) is -0.164. The molecule has 2 aromatic rings. The largest absolute Gasteiger partial charge is 0.465 e. The van der Waals surface area contributed by atoms with Crippen molar-refractivity contribution < 1.29 is 18.7 Å². The molecule has 0 saturated carbocycles. The van der Waals surface area contributed by atoms with E-state index in [2.05, 4.69) is 20.4 Å². The monoisotopic (exact) mass is 307 g/mol. The lowest BCUT2D eigenvalue weighted by Gasteiger charge is -2.08. The number of aromatic amines is 1. The third kappa shape index (κ3) is 3.81. The summed E-state index contributed by atoms with van der Waals surface area (Å²) < 4.78 is 18.5. The van der Waals surface area contributed by atoms with Crippen molar-refractivity contribution in [2.24, 2.45) is 0 Å². The summed E-state index contributed by atoms with van der Waals surface area (Å²) in [5.74, 6) is -1.24. The zero-order valence-electron chi connectivity index (χ0n) is 11.7. The summed E-state index contributed by atoms with van der Waals surface area (Å²) in [4.78, 5) is 36.2. The van der Waals surface area contributed by atoms with Gasteiger partial charge in [0.25, 0.3) is 0 Å². The minimum Gasteiger partial charge on any atom is -0.465 e. The molecule has 0 unspecified atom stereocenters. The number of carbonyl (C=O) groups excluding carboxylic acids is 2. The van der Waals surface area contributed by atoms with Crippen LogP contribution in [0.25, 0.3) is 10.9 Å². The molecular weight excluding hydrogens is 293 g/mol. The summed E-state index contributed by atoms with van der Waals surface area (Å²) in [6.07, 6.45) is 0. The molecule has 3 N–H and O–H groups in total. The lowest BCUT2D eigenvalue weighted by Crippen LogP contribution is -2.34. The molecule has 0 spiro atoms. The molecule has 2 amide bonds. The molecular formula is C14H14FN3O4. The molecule has 22 heavy (non-hydrogen) atoms. The fourth-order valence-electron chi connectivity index (χ4n) is 1.83. The van der Waals surface area contributed by atoms with Crippen molar-refractivity contribution in [1.29, 1.82) is 0 Å². The highest BCUT2D eigenvalue weighted by Crippen LogP contribution is 2.20. The van der Waals surface area contributed by atoms with Crippen molar-refractivity contribution in [3.05, 3.63) is 40.4 Å². The van der Waals surface area contributed by atoms with Gasteiger partial charge in [0.1, 0.15) is 12.4 Å². The second-order valence-corrected chi connectivity index (χ2v) is 4.36. The minimum atomic E-state index is -0.670. The normalized spacial score (nSPS) is 10.3. The van der Waals surface area contributed by atoms with Crippen molar-refractivity contribution in [3.63, 3.8) is 0 Å². The van der Waals surface area contributed by atoms with Gasteiger partial charge in [-0.15, -0.1) is 0 Å². The van der Waals surface area contributed by atoms with E-state index in [1.165, 1.54) is 18.2 Å². The fourth-order valence-corrected chi connectivity index (χ4v) is 1.83. The van der Waals surface area contributed by atoms with Crippen molar-refractivity contribution in [2.75, 3.05) is 18.5 Å². The van der Waals surface area contributed by atoms with Crippen LogP contribution in [0.2, 0.25) is 0 Å². The van der Waals surface area contributed by atoms with E-state index in [0.29, 0.717) is 5.39 Å². The Morgan fingerprint density at radius 3 is 2.82 bits per heavy atom. The van der Waals surface area contributed by atoms with Crippen LogP contribution in [0.5, 0.6) is 0 Å². The number of halogens is 1. The van der Waals surface area contributed by atoms with Crippen LogP contribution in [-0.2, 0) is 9.53 Å². The topological polar surface area (TPSA) is 100 Å². The van der Waals surface area contributed by atoms with Crippen molar-refractivity contribution >= 4 is 28.6 Å². The highest BCUT2D eigenvalue weighted by Gasteiger charge is 2.09. The predicted octanol–water partition coefficient (Wildman–Crippen LogP) is 1.35. The average Bonchev–Trinajstić information content (AvgIpc) is 2.46. The molecule has 0 saturated heterocycles. The van der Waals surface area contributed by atoms with Gasteiger partial charge in [-0.1, -0.05) is 0 Å². The molecule has 7 nitrogen and oxygen atoms in total. The fraction of sp³-hybridized carbons (Fsp3) is 0.214. The third-order valence-corrected chi connectivity index (χ3v) is 2.74. The molecule has 1 aromatic heterocycles. The standard InChI is InChI=1S/C14H14FN3O4/c1-2-22-12(20)7-16-14(21)17-9-5-8-3-4-11(19)18-13(8)10(15)6-9/h3-6H,2,7H2,1H3,(H,18,19)(H2,16,17,21). The summed E-state index contributed by atoms with van der Waals surface area (Å²) >= 11 is 0. The highest BCUT2D eigenvalue weighted by atomic mass is 19.1. The van der Waals surface area contributed by atoms with E-state index >= 15 is 0 Å². The number of ether oxygens (including phenoxy) is 1. The predicted molar refractivity (Wildman–Crippen MR) is 78.2 cm³/mol. The van der Waals surface area contributed by atoms with E-state index in [0.717, 1.165) is 6.07 Å². The first-order valence-electron chi connectivity index (χ1n) is 6.52. The zero-order valence-corrected chi connectivity index (χ0v) is 11.7. The van der Waals surface area contributed by atoms with Crippen LogP contribution >= 0.6 is 0 Å². The van der Waals surface area contributed by atoms with E-state index in [1.807, 2.05) is 0 Å². The molecule has 0 fully saturated rings. The van der Waals surface area contributed by atoms with Gasteiger partial charge in [-0.05, 0) is 25.1 Å². The molecule has 0 bridgehead atoms. The van der Waals surface area contributed by atoms with E-state index in [-0.39, 0.29) is 24.4 Å². The summed E-state index contributed by atoms with van der Waals surface area (Å²) in [7, 11) is 0. The van der Waals surface area contributed by atoms with Crippen LogP contribution in [-0.4, -0.2) is 30.1 Å². The first-order valence-corrected chi connectivity index (χ1v) is 6.52. The van der Waals surface area contributed by atoms with Gasteiger partial charge < -0.3 is 20.4 Å². The maximum atomic E-state index is 13.9. The second-order valence-electron chi connectivity index (χ2n) is 4.36. The maximum absolute atomic E-state index is 13.9. The number of anilines is 1. The molecule has 2 rings (SSSR count). The Hall–Kier alpha value is -2.90. The number of benzene rings is 1. The molecule has 0 aliphatic carbocycles. The number of nitrogens with one attached hydrogen (secondary N) is 3. The number of fused-ring (bicyclic) bond motifs is 1. The Morgan fingerprint density at radius 1 is 1.32 bits per heavy atom. The molecule has 1 aromatic carbocycles. The molecule has 0 atom stereocenters. The van der Waals surface area contributed by atoms with Gasteiger partial charge in [0, 0.05) is 17.1 Å². The average molecular weight is 307 g/mol. The van der Waals surface area contributed by atoms with Crippen molar-refractivity contribution in [2.45, 2.75) is 6.92 Å². The number of hydrogen-bond acceptors (Lipinski definition) is 4. The number of urea groups is 1. The first-order chi connectivity index (χ1) is 10.5. The summed E-state index contributed by atoms with van der Waals surface area (Å²) in [5, 5.41) is 5.12. The molecule has 116 valence electrons. The summed E-state index contributed by atoms with van der Waals surface area (Å²) in [6.45, 7) is 1.58. The quantitative estimate of drug-likeness (QED) is 0.742. The SMILES string of the molecule is CCOC(=O)CNC(=O)Nc1cc(F)c2[nH]c(=O)ccc2c1. The molecule has 0 aliphatic heterocycles. The van der Waals surface area contributed by atoms with Gasteiger partial charge in [0.15, 0.2) is 0 Å². The van der Waals surface area contributed by atoms with Gasteiger partial charge in [0.2, 0.25) is 5.56 Å². The van der Waals surface area contributed by atoms with Crippen LogP contribution in [0.4, 0.5) is 14.9 Å². The van der Waals surface area contributed by atoms with E-state index in [1.54, 1.807) is 6.92 Å². The van der Waals surface area contributed by atoms with Crippen LogP contribution in [0.15, 0.2) is 29.1 Å². The Labute approximate surface area is 124 Å². The molecule has 0 aliphatic rings. The number of aromatic nitrogens is 1. The lowest BCUT2D eigenvalue weighted by atomic mass is 10.2. The lowest BCUT2D eigenvalue weighted by molar-refractivity contribution is -0.141. The van der Waals surface area contributed by atoms with E-state index in [4.69, 9.17) is 0 Å². The van der Waals surface area contributed by atoms with Crippen LogP contribution in [0.1, 0.15) is 6.92 Å². The summed E-state index contributed by atoms with van der Waals surface area (Å²) in [6, 6.07) is 4.60. The Balaban J connectivity index is 2.08. The smallest absolute Gasteiger partial charge is 0.325 e. The Bertz CT molecular complexity index is 772. The molecule has 8 heteroatoms. The van der Waals surface area contributed by atoms with Crippen LogP contribution in [0, 0.1) is 5.82 Å². The molecule has 0 radical (unpaired) electrons. The van der Waals surface area contributed by atoms with Gasteiger partial charge in [0.05, 0.1) is 12.1 Å².